The van der Waals surface area contributed by atoms with E-state index in [-0.39, 0.29) is 12.7 Å². The predicted octanol–water partition coefficient (Wildman–Crippen LogP) is 3.80. The highest BCUT2D eigenvalue weighted by atomic mass is 16.7. The summed E-state index contributed by atoms with van der Waals surface area (Å²) < 4.78 is 16.4. The third-order valence-electron chi connectivity index (χ3n) is 5.17. The average Bonchev–Trinajstić information content (AvgIpc) is 3.47. The molecule has 1 aliphatic heterocycles. The Morgan fingerprint density at radius 3 is 2.94 bits per heavy atom. The van der Waals surface area contributed by atoms with Crippen molar-refractivity contribution in [3.05, 3.63) is 77.2 Å². The monoisotopic (exact) mass is 428 g/mol. The zero-order valence-corrected chi connectivity index (χ0v) is 17.3. The third kappa shape index (κ3) is 3.74. The van der Waals surface area contributed by atoms with Crippen LogP contribution in [0.3, 0.4) is 0 Å². The molecule has 2 N–H and O–H groups in total. The van der Waals surface area contributed by atoms with Gasteiger partial charge in [-0.15, -0.1) is 0 Å². The smallest absolute Gasteiger partial charge is 0.255 e. The molecule has 1 aliphatic rings. The number of H-pyrrole nitrogens is 1. The Kier molecular flexibility index (Phi) is 5.17. The van der Waals surface area contributed by atoms with Crippen molar-refractivity contribution >= 4 is 29.0 Å². The number of carbonyl (C=O) groups is 1. The van der Waals surface area contributed by atoms with Crippen molar-refractivity contribution in [1.82, 2.24) is 20.5 Å². The second-order valence-corrected chi connectivity index (χ2v) is 7.17. The molecular formula is C24H20N4O4. The summed E-state index contributed by atoms with van der Waals surface area (Å²) in [4.78, 5) is 16.9. The van der Waals surface area contributed by atoms with Crippen molar-refractivity contribution < 1.29 is 19.0 Å². The van der Waals surface area contributed by atoms with Crippen molar-refractivity contribution in [2.24, 2.45) is 0 Å². The Morgan fingerprint density at radius 2 is 2.09 bits per heavy atom. The molecule has 4 aromatic rings. The van der Waals surface area contributed by atoms with Gasteiger partial charge in [-0.05, 0) is 47.5 Å². The summed E-state index contributed by atoms with van der Waals surface area (Å²) in [7, 11) is 1.55. The van der Waals surface area contributed by atoms with Gasteiger partial charge in [0, 0.05) is 18.9 Å². The molecular weight excluding hydrogens is 408 g/mol. The molecule has 2 aromatic heterocycles. The van der Waals surface area contributed by atoms with E-state index in [2.05, 4.69) is 20.5 Å². The summed E-state index contributed by atoms with van der Waals surface area (Å²) in [5.74, 6) is 1.67. The molecule has 8 heteroatoms. The van der Waals surface area contributed by atoms with Crippen LogP contribution in [0.15, 0.2) is 54.9 Å². The van der Waals surface area contributed by atoms with Gasteiger partial charge >= 0.3 is 0 Å². The standard InChI is InChI=1S/C24H20N4O4/c1-30-23-17(24(29)26-13-16-3-2-10-25-12-16)6-8-19-22(23)18(27-28-19)7-4-15-5-9-20-21(11-15)32-14-31-20/h2-12H,13-14H2,1H3,(H,26,29)(H,27,28). The highest BCUT2D eigenvalue weighted by molar-refractivity contribution is 6.05. The number of aromatic amines is 1. The number of fused-ring (bicyclic) bond motifs is 2. The van der Waals surface area contributed by atoms with Gasteiger partial charge in [0.2, 0.25) is 6.79 Å². The Balaban J connectivity index is 1.44. The summed E-state index contributed by atoms with van der Waals surface area (Å²) >= 11 is 0. The molecule has 1 amide bonds. The van der Waals surface area contributed by atoms with E-state index in [4.69, 9.17) is 14.2 Å². The predicted molar refractivity (Wildman–Crippen MR) is 120 cm³/mol. The normalized spacial score (nSPS) is 12.4. The summed E-state index contributed by atoms with van der Waals surface area (Å²) in [5, 5.41) is 11.0. The molecule has 0 spiro atoms. The minimum absolute atomic E-state index is 0.231. The Labute approximate surface area is 183 Å². The fourth-order valence-corrected chi connectivity index (χ4v) is 3.59. The molecule has 0 saturated carbocycles. The van der Waals surface area contributed by atoms with Gasteiger partial charge in [0.05, 0.1) is 29.3 Å². The number of carbonyl (C=O) groups excluding carboxylic acids is 1. The highest BCUT2D eigenvalue weighted by Crippen LogP contribution is 2.34. The SMILES string of the molecule is COc1c(C(=O)NCc2cccnc2)ccc2[nH]nc(C=Cc3ccc4c(c3)OCO4)c12. The van der Waals surface area contributed by atoms with Crippen LogP contribution in [0.25, 0.3) is 23.1 Å². The Morgan fingerprint density at radius 1 is 1.19 bits per heavy atom. The largest absolute Gasteiger partial charge is 0.495 e. The maximum atomic E-state index is 12.9. The maximum Gasteiger partial charge on any atom is 0.255 e. The van der Waals surface area contributed by atoms with Crippen LogP contribution in [0.4, 0.5) is 0 Å². The fourth-order valence-electron chi connectivity index (χ4n) is 3.59. The van der Waals surface area contributed by atoms with E-state index in [0.717, 1.165) is 27.8 Å². The fraction of sp³-hybridized carbons (Fsp3) is 0.125. The number of hydrogen-bond donors (Lipinski definition) is 2. The van der Waals surface area contributed by atoms with E-state index in [9.17, 15) is 4.79 Å². The number of rotatable bonds is 6. The van der Waals surface area contributed by atoms with Crippen LogP contribution in [-0.2, 0) is 6.54 Å². The summed E-state index contributed by atoms with van der Waals surface area (Å²) in [6.45, 7) is 0.603. The number of hydrogen-bond acceptors (Lipinski definition) is 6. The quantitative estimate of drug-likeness (QED) is 0.485. The number of methoxy groups -OCH3 is 1. The lowest BCUT2D eigenvalue weighted by Gasteiger charge is -2.11. The van der Waals surface area contributed by atoms with Gasteiger partial charge in [-0.25, -0.2) is 0 Å². The highest BCUT2D eigenvalue weighted by Gasteiger charge is 2.19. The van der Waals surface area contributed by atoms with Gasteiger partial charge in [-0.1, -0.05) is 18.2 Å². The maximum absolute atomic E-state index is 12.9. The van der Waals surface area contributed by atoms with Crippen molar-refractivity contribution in [3.8, 4) is 17.2 Å². The summed E-state index contributed by atoms with van der Waals surface area (Å²) in [5.41, 5.74) is 3.72. The van der Waals surface area contributed by atoms with Crippen molar-refractivity contribution in [2.75, 3.05) is 13.9 Å². The van der Waals surface area contributed by atoms with Gasteiger partial charge in [-0.3, -0.25) is 14.9 Å². The molecule has 5 rings (SSSR count). The zero-order chi connectivity index (χ0) is 21.9. The van der Waals surface area contributed by atoms with Crippen LogP contribution in [0.2, 0.25) is 0 Å². The molecule has 0 fully saturated rings. The number of ether oxygens (including phenoxy) is 3. The minimum Gasteiger partial charge on any atom is -0.495 e. The van der Waals surface area contributed by atoms with Gasteiger partial charge < -0.3 is 19.5 Å². The van der Waals surface area contributed by atoms with Crippen LogP contribution >= 0.6 is 0 Å². The molecule has 0 bridgehead atoms. The number of nitrogens with zero attached hydrogens (tertiary/aromatic N) is 2. The van der Waals surface area contributed by atoms with Crippen molar-refractivity contribution in [2.45, 2.75) is 6.54 Å². The van der Waals surface area contributed by atoms with E-state index < -0.39 is 0 Å². The number of amides is 1. The Bertz CT molecular complexity index is 1310. The van der Waals surface area contributed by atoms with Gasteiger partial charge in [0.15, 0.2) is 11.5 Å². The second-order valence-electron chi connectivity index (χ2n) is 7.17. The summed E-state index contributed by atoms with van der Waals surface area (Å²) in [6, 6.07) is 13.0. The topological polar surface area (TPSA) is 98.4 Å². The van der Waals surface area contributed by atoms with E-state index in [1.807, 2.05) is 48.6 Å². The number of nitrogens with one attached hydrogen (secondary N) is 2. The van der Waals surface area contributed by atoms with Gasteiger partial charge in [-0.2, -0.15) is 5.10 Å². The first kappa shape index (κ1) is 19.6. The number of pyridine rings is 1. The van der Waals surface area contributed by atoms with Crippen LogP contribution in [-0.4, -0.2) is 35.0 Å². The van der Waals surface area contributed by atoms with Gasteiger partial charge in [0.1, 0.15) is 5.75 Å². The Hall–Kier alpha value is -4.33. The molecule has 0 unspecified atom stereocenters. The lowest BCUT2D eigenvalue weighted by molar-refractivity contribution is 0.0948. The van der Waals surface area contributed by atoms with Crippen LogP contribution in [0.5, 0.6) is 17.2 Å². The van der Waals surface area contributed by atoms with E-state index in [1.165, 1.54) is 0 Å². The molecule has 2 aromatic carbocycles. The van der Waals surface area contributed by atoms with E-state index in [1.54, 1.807) is 25.6 Å². The molecule has 32 heavy (non-hydrogen) atoms. The first-order valence-corrected chi connectivity index (χ1v) is 10.0. The average molecular weight is 428 g/mol. The van der Waals surface area contributed by atoms with Crippen molar-refractivity contribution in [1.29, 1.82) is 0 Å². The molecule has 0 aliphatic carbocycles. The van der Waals surface area contributed by atoms with Crippen LogP contribution in [0.1, 0.15) is 27.2 Å². The molecule has 0 radical (unpaired) electrons. The lowest BCUT2D eigenvalue weighted by Crippen LogP contribution is -2.23. The first-order chi connectivity index (χ1) is 15.7. The second kappa shape index (κ2) is 8.43. The zero-order valence-electron chi connectivity index (χ0n) is 17.3. The molecule has 3 heterocycles. The van der Waals surface area contributed by atoms with Crippen LogP contribution in [0, 0.1) is 0 Å². The molecule has 8 nitrogen and oxygen atoms in total. The van der Waals surface area contributed by atoms with Crippen LogP contribution < -0.4 is 19.5 Å². The lowest BCUT2D eigenvalue weighted by atomic mass is 10.1. The summed E-state index contributed by atoms with van der Waals surface area (Å²) in [6.07, 6.45) is 7.21. The van der Waals surface area contributed by atoms with E-state index >= 15 is 0 Å². The van der Waals surface area contributed by atoms with E-state index in [0.29, 0.717) is 29.3 Å². The first-order valence-electron chi connectivity index (χ1n) is 10.0. The number of benzene rings is 2. The molecule has 0 atom stereocenters. The molecule has 0 saturated heterocycles. The van der Waals surface area contributed by atoms with Crippen molar-refractivity contribution in [3.63, 3.8) is 0 Å². The molecule has 160 valence electrons. The third-order valence-corrected chi connectivity index (χ3v) is 5.17. The minimum atomic E-state index is -0.237. The number of aromatic nitrogens is 3. The van der Waals surface area contributed by atoms with Gasteiger partial charge in [0.25, 0.3) is 5.91 Å².